The average molecular weight is 479 g/mol. The molecule has 186 valence electrons. The second-order valence-electron chi connectivity index (χ2n) is 9.52. The van der Waals surface area contributed by atoms with Crippen LogP contribution in [0.3, 0.4) is 0 Å². The van der Waals surface area contributed by atoms with Gasteiger partial charge in [0.25, 0.3) is 11.7 Å². The highest BCUT2D eigenvalue weighted by Crippen LogP contribution is 2.40. The largest absolute Gasteiger partial charge is 0.507 e. The lowest BCUT2D eigenvalue weighted by molar-refractivity contribution is -0.140. The number of amides is 1. The number of benzene rings is 2. The van der Waals surface area contributed by atoms with Crippen LogP contribution in [0.5, 0.6) is 11.5 Å². The number of nitrogens with zero attached hydrogens (tertiary/aromatic N) is 2. The molecular weight excluding hydrogens is 444 g/mol. The van der Waals surface area contributed by atoms with Crippen LogP contribution in [-0.4, -0.2) is 66.5 Å². The Hall–Kier alpha value is -3.32. The van der Waals surface area contributed by atoms with Crippen LogP contribution in [-0.2, 0) is 16.0 Å². The molecule has 1 fully saturated rings. The number of hydrogen-bond acceptors (Lipinski definition) is 6. The molecule has 2 atom stereocenters. The van der Waals surface area contributed by atoms with Crippen LogP contribution in [0.15, 0.2) is 48.0 Å². The number of carbonyl (C=O) groups is 2. The summed E-state index contributed by atoms with van der Waals surface area (Å²) in [5.41, 5.74) is 2.36. The number of likely N-dealkylation sites (tertiary alicyclic amines) is 1. The summed E-state index contributed by atoms with van der Waals surface area (Å²) in [7, 11) is 3.84. The maximum absolute atomic E-state index is 13.2. The van der Waals surface area contributed by atoms with Gasteiger partial charge in [0.15, 0.2) is 0 Å². The van der Waals surface area contributed by atoms with E-state index in [-0.39, 0.29) is 17.4 Å². The number of carbonyl (C=O) groups excluding carboxylic acids is 2. The van der Waals surface area contributed by atoms with Crippen LogP contribution in [0.25, 0.3) is 5.76 Å². The number of fused-ring (bicyclic) bond motifs is 1. The SMILES string of the molecule is CCCCOc1ccc(C2/C(=C(\O)c3ccc4c(c3)CC(C)O4)C(=O)C(=O)N2CCN(C)C)cc1. The van der Waals surface area contributed by atoms with E-state index in [0.29, 0.717) is 25.3 Å². The molecule has 2 aromatic rings. The standard InChI is InChI=1S/C28H34N2O5/c1-5-6-15-34-22-10-7-19(8-11-22)25-24(27(32)28(33)30(25)14-13-29(3)4)26(31)20-9-12-23-21(17-20)16-18(2)35-23/h7-12,17-18,25,31H,5-6,13-16H2,1-4H3/b26-24+. The van der Waals surface area contributed by atoms with Crippen molar-refractivity contribution >= 4 is 17.4 Å². The summed E-state index contributed by atoms with van der Waals surface area (Å²) in [5.74, 6) is 0.0987. The number of aliphatic hydroxyl groups excluding tert-OH is 1. The van der Waals surface area contributed by atoms with E-state index < -0.39 is 17.7 Å². The van der Waals surface area contributed by atoms with Crippen LogP contribution >= 0.6 is 0 Å². The Labute approximate surface area is 206 Å². The van der Waals surface area contributed by atoms with Crippen LogP contribution in [0.4, 0.5) is 0 Å². The molecule has 0 saturated carbocycles. The van der Waals surface area contributed by atoms with Crippen LogP contribution < -0.4 is 9.47 Å². The highest BCUT2D eigenvalue weighted by molar-refractivity contribution is 6.46. The molecule has 2 aliphatic heterocycles. The molecule has 4 rings (SSSR count). The van der Waals surface area contributed by atoms with Gasteiger partial charge in [-0.3, -0.25) is 9.59 Å². The molecule has 0 bridgehead atoms. The summed E-state index contributed by atoms with van der Waals surface area (Å²) in [5, 5.41) is 11.3. The Morgan fingerprint density at radius 1 is 1.17 bits per heavy atom. The van der Waals surface area contributed by atoms with Gasteiger partial charge in [0, 0.05) is 25.1 Å². The maximum atomic E-state index is 13.2. The summed E-state index contributed by atoms with van der Waals surface area (Å²) in [4.78, 5) is 29.8. The summed E-state index contributed by atoms with van der Waals surface area (Å²) >= 11 is 0. The highest BCUT2D eigenvalue weighted by Gasteiger charge is 2.46. The van der Waals surface area contributed by atoms with Gasteiger partial charge in [-0.25, -0.2) is 0 Å². The molecule has 1 amide bonds. The summed E-state index contributed by atoms with van der Waals surface area (Å²) < 4.78 is 11.5. The van der Waals surface area contributed by atoms with Gasteiger partial charge in [-0.1, -0.05) is 25.5 Å². The van der Waals surface area contributed by atoms with E-state index in [1.165, 1.54) is 0 Å². The lowest BCUT2D eigenvalue weighted by Gasteiger charge is -2.26. The molecule has 2 unspecified atom stereocenters. The zero-order chi connectivity index (χ0) is 25.1. The third-order valence-corrected chi connectivity index (χ3v) is 6.46. The van der Waals surface area contributed by atoms with Gasteiger partial charge in [0.2, 0.25) is 0 Å². The third kappa shape index (κ3) is 5.20. The minimum absolute atomic E-state index is 0.0667. The summed E-state index contributed by atoms with van der Waals surface area (Å²) in [6, 6.07) is 12.2. The van der Waals surface area contributed by atoms with Gasteiger partial charge in [-0.15, -0.1) is 0 Å². The first kappa shape index (κ1) is 24.8. The van der Waals surface area contributed by atoms with Gasteiger partial charge < -0.3 is 24.4 Å². The predicted octanol–water partition coefficient (Wildman–Crippen LogP) is 4.17. The molecule has 35 heavy (non-hydrogen) atoms. The molecule has 0 spiro atoms. The summed E-state index contributed by atoms with van der Waals surface area (Å²) in [6.45, 7) is 5.69. The molecule has 2 aliphatic rings. The first-order valence-electron chi connectivity index (χ1n) is 12.3. The van der Waals surface area contributed by atoms with Crippen molar-refractivity contribution in [2.45, 2.75) is 45.3 Å². The minimum atomic E-state index is -0.678. The number of unbranched alkanes of at least 4 members (excludes halogenated alkanes) is 1. The summed E-state index contributed by atoms with van der Waals surface area (Å²) in [6.07, 6.45) is 2.82. The van der Waals surface area contributed by atoms with Crippen molar-refractivity contribution in [1.29, 1.82) is 0 Å². The zero-order valence-electron chi connectivity index (χ0n) is 20.9. The normalized spacial score (nSPS) is 20.9. The second kappa shape index (κ2) is 10.5. The Kier molecular flexibility index (Phi) is 7.45. The maximum Gasteiger partial charge on any atom is 0.295 e. The Morgan fingerprint density at radius 3 is 2.60 bits per heavy atom. The predicted molar refractivity (Wildman–Crippen MR) is 135 cm³/mol. The molecule has 7 nitrogen and oxygen atoms in total. The first-order chi connectivity index (χ1) is 16.8. The van der Waals surface area contributed by atoms with E-state index in [4.69, 9.17) is 9.47 Å². The number of aliphatic hydroxyl groups is 1. The fraction of sp³-hybridized carbons (Fsp3) is 0.429. The Morgan fingerprint density at radius 2 is 1.91 bits per heavy atom. The zero-order valence-corrected chi connectivity index (χ0v) is 20.9. The minimum Gasteiger partial charge on any atom is -0.507 e. The average Bonchev–Trinajstić information content (AvgIpc) is 3.33. The molecular formula is C28H34N2O5. The van der Waals surface area contributed by atoms with Crippen molar-refractivity contribution in [3.8, 4) is 11.5 Å². The fourth-order valence-corrected chi connectivity index (χ4v) is 4.57. The Balaban J connectivity index is 1.73. The van der Waals surface area contributed by atoms with Crippen LogP contribution in [0.2, 0.25) is 0 Å². The van der Waals surface area contributed by atoms with E-state index in [0.717, 1.165) is 41.9 Å². The van der Waals surface area contributed by atoms with Crippen LogP contribution in [0.1, 0.15) is 49.4 Å². The van der Waals surface area contributed by atoms with Gasteiger partial charge in [-0.2, -0.15) is 0 Å². The van der Waals surface area contributed by atoms with Gasteiger partial charge >= 0.3 is 0 Å². The topological polar surface area (TPSA) is 79.3 Å². The van der Waals surface area contributed by atoms with Gasteiger partial charge in [-0.05, 0) is 68.9 Å². The van der Waals surface area contributed by atoms with Gasteiger partial charge in [0.05, 0.1) is 18.2 Å². The molecule has 1 saturated heterocycles. The number of ether oxygens (including phenoxy) is 2. The monoisotopic (exact) mass is 478 g/mol. The van der Waals surface area contributed by atoms with E-state index in [1.54, 1.807) is 11.0 Å². The smallest absolute Gasteiger partial charge is 0.295 e. The van der Waals surface area contributed by atoms with Crippen molar-refractivity contribution in [3.05, 3.63) is 64.7 Å². The lowest BCUT2D eigenvalue weighted by atomic mass is 9.94. The number of hydrogen-bond donors (Lipinski definition) is 1. The number of likely N-dealkylation sites (N-methyl/N-ethyl adjacent to an activating group) is 1. The molecule has 1 N–H and O–H groups in total. The van der Waals surface area contributed by atoms with E-state index >= 15 is 0 Å². The fourth-order valence-electron chi connectivity index (χ4n) is 4.57. The van der Waals surface area contributed by atoms with Crippen molar-refractivity contribution in [2.75, 3.05) is 33.8 Å². The molecule has 2 heterocycles. The van der Waals surface area contributed by atoms with Crippen molar-refractivity contribution in [2.24, 2.45) is 0 Å². The number of Topliss-reactive ketones (excluding diaryl/α,β-unsaturated/α-hetero) is 1. The molecule has 0 aromatic heterocycles. The molecule has 2 aromatic carbocycles. The number of ketones is 1. The van der Waals surface area contributed by atoms with E-state index in [1.807, 2.05) is 62.3 Å². The van der Waals surface area contributed by atoms with Crippen molar-refractivity contribution in [3.63, 3.8) is 0 Å². The van der Waals surface area contributed by atoms with E-state index in [2.05, 4.69) is 6.92 Å². The number of rotatable bonds is 9. The third-order valence-electron chi connectivity index (χ3n) is 6.46. The van der Waals surface area contributed by atoms with Gasteiger partial charge in [0.1, 0.15) is 23.4 Å². The molecule has 7 heteroatoms. The van der Waals surface area contributed by atoms with Crippen LogP contribution in [0, 0.1) is 0 Å². The lowest BCUT2D eigenvalue weighted by Crippen LogP contribution is -2.35. The first-order valence-corrected chi connectivity index (χ1v) is 12.3. The Bertz CT molecular complexity index is 1120. The van der Waals surface area contributed by atoms with Crippen molar-refractivity contribution < 1.29 is 24.2 Å². The quantitative estimate of drug-likeness (QED) is 0.252. The molecule has 0 aliphatic carbocycles. The van der Waals surface area contributed by atoms with Crippen molar-refractivity contribution in [1.82, 2.24) is 9.80 Å². The molecule has 0 radical (unpaired) electrons. The highest BCUT2D eigenvalue weighted by atomic mass is 16.5. The second-order valence-corrected chi connectivity index (χ2v) is 9.52. The van der Waals surface area contributed by atoms with E-state index in [9.17, 15) is 14.7 Å².